The number of carboxylic acids is 1. The monoisotopic (exact) mass is 226 g/mol. The highest BCUT2D eigenvalue weighted by Gasteiger charge is 2.20. The fourth-order valence-electron chi connectivity index (χ4n) is 1.77. The summed E-state index contributed by atoms with van der Waals surface area (Å²) in [7, 11) is 1.63. The summed E-state index contributed by atoms with van der Waals surface area (Å²) in [6.45, 7) is 1.44. The largest absolute Gasteiger partial charge is 0.478 e. The Morgan fingerprint density at radius 3 is 2.69 bits per heavy atom. The highest BCUT2D eigenvalue weighted by molar-refractivity contribution is 6.17. The number of rotatable bonds is 5. The van der Waals surface area contributed by atoms with Gasteiger partial charge >= 0.3 is 5.97 Å². The number of carbonyl (C=O) groups is 1. The van der Waals surface area contributed by atoms with Crippen molar-refractivity contribution in [2.24, 2.45) is 5.92 Å². The molecule has 5 nitrogen and oxygen atoms in total. The lowest BCUT2D eigenvalue weighted by molar-refractivity contribution is -0.132. The second-order valence-electron chi connectivity index (χ2n) is 3.89. The molecule has 0 spiro atoms. The standard InChI is InChI=1S/C11H18N2O3/c1-13-7-9(11(14)15)10(12)6-8-2-4-16-5-3-8/h7-8,12-13H,2-6H2,1H3,(H,14,15)/b9-7+,12-10?. The molecular formula is C11H18N2O3. The molecule has 1 fully saturated rings. The van der Waals surface area contributed by atoms with E-state index in [1.54, 1.807) is 7.05 Å². The normalized spacial score (nSPS) is 18.2. The molecule has 0 aromatic rings. The van der Waals surface area contributed by atoms with Gasteiger partial charge in [0, 0.05) is 32.2 Å². The first-order valence-electron chi connectivity index (χ1n) is 5.41. The molecular weight excluding hydrogens is 208 g/mol. The molecule has 16 heavy (non-hydrogen) atoms. The summed E-state index contributed by atoms with van der Waals surface area (Å²) < 4.78 is 5.22. The Bertz CT molecular complexity index is 294. The third-order valence-electron chi connectivity index (χ3n) is 2.68. The maximum atomic E-state index is 10.9. The summed E-state index contributed by atoms with van der Waals surface area (Å²) in [6, 6.07) is 0. The van der Waals surface area contributed by atoms with Crippen LogP contribution < -0.4 is 5.32 Å². The Hall–Kier alpha value is -1.36. The fraction of sp³-hybridized carbons (Fsp3) is 0.636. The Morgan fingerprint density at radius 1 is 1.56 bits per heavy atom. The van der Waals surface area contributed by atoms with Crippen molar-refractivity contribution in [2.75, 3.05) is 20.3 Å². The molecule has 1 rings (SSSR count). The number of hydrogen-bond acceptors (Lipinski definition) is 4. The van der Waals surface area contributed by atoms with Crippen LogP contribution in [0.25, 0.3) is 0 Å². The van der Waals surface area contributed by atoms with Crippen LogP contribution in [0.1, 0.15) is 19.3 Å². The van der Waals surface area contributed by atoms with E-state index in [0.717, 1.165) is 26.1 Å². The van der Waals surface area contributed by atoms with Gasteiger partial charge in [-0.25, -0.2) is 4.79 Å². The fourth-order valence-corrected chi connectivity index (χ4v) is 1.77. The van der Waals surface area contributed by atoms with Gasteiger partial charge in [-0.05, 0) is 25.2 Å². The van der Waals surface area contributed by atoms with E-state index in [4.69, 9.17) is 15.3 Å². The lowest BCUT2D eigenvalue weighted by Gasteiger charge is -2.22. The highest BCUT2D eigenvalue weighted by Crippen LogP contribution is 2.20. The van der Waals surface area contributed by atoms with E-state index in [0.29, 0.717) is 12.3 Å². The van der Waals surface area contributed by atoms with Gasteiger partial charge in [0.2, 0.25) is 0 Å². The average molecular weight is 226 g/mol. The molecule has 1 saturated heterocycles. The van der Waals surface area contributed by atoms with Crippen molar-refractivity contribution in [1.82, 2.24) is 5.32 Å². The van der Waals surface area contributed by atoms with Gasteiger partial charge in [-0.15, -0.1) is 0 Å². The molecule has 0 aromatic heterocycles. The summed E-state index contributed by atoms with van der Waals surface area (Å²) in [5.74, 6) is -0.674. The molecule has 90 valence electrons. The number of carboxylic acid groups (broad SMARTS) is 1. The smallest absolute Gasteiger partial charge is 0.339 e. The molecule has 5 heteroatoms. The minimum Gasteiger partial charge on any atom is -0.478 e. The number of ether oxygens (including phenoxy) is 1. The first kappa shape index (κ1) is 12.7. The second-order valence-corrected chi connectivity index (χ2v) is 3.89. The van der Waals surface area contributed by atoms with Crippen molar-refractivity contribution < 1.29 is 14.6 Å². The molecule has 0 bridgehead atoms. The van der Waals surface area contributed by atoms with Crippen LogP contribution >= 0.6 is 0 Å². The van der Waals surface area contributed by atoms with Gasteiger partial charge in [0.1, 0.15) is 0 Å². The van der Waals surface area contributed by atoms with Crippen molar-refractivity contribution in [3.63, 3.8) is 0 Å². The van der Waals surface area contributed by atoms with Crippen molar-refractivity contribution in [3.05, 3.63) is 11.8 Å². The predicted octanol–water partition coefficient (Wildman–Crippen LogP) is 1.01. The number of aliphatic carboxylic acids is 1. The van der Waals surface area contributed by atoms with Gasteiger partial charge in [-0.3, -0.25) is 0 Å². The SMILES string of the molecule is CN/C=C(\C(=N)CC1CCOCC1)C(=O)O. The zero-order valence-corrected chi connectivity index (χ0v) is 9.45. The molecule has 0 atom stereocenters. The average Bonchev–Trinajstić information content (AvgIpc) is 2.26. The summed E-state index contributed by atoms with van der Waals surface area (Å²) in [6.07, 6.45) is 3.71. The van der Waals surface area contributed by atoms with Gasteiger partial charge in [0.15, 0.2) is 0 Å². The zero-order chi connectivity index (χ0) is 12.0. The Labute approximate surface area is 95.0 Å². The second kappa shape index (κ2) is 6.27. The number of nitrogens with one attached hydrogen (secondary N) is 2. The van der Waals surface area contributed by atoms with Gasteiger partial charge < -0.3 is 20.6 Å². The van der Waals surface area contributed by atoms with E-state index in [1.807, 2.05) is 0 Å². The summed E-state index contributed by atoms with van der Waals surface area (Å²) >= 11 is 0. The van der Waals surface area contributed by atoms with Crippen LogP contribution in [0.3, 0.4) is 0 Å². The van der Waals surface area contributed by atoms with Crippen molar-refractivity contribution in [3.8, 4) is 0 Å². The Balaban J connectivity index is 2.54. The van der Waals surface area contributed by atoms with Gasteiger partial charge in [-0.2, -0.15) is 0 Å². The van der Waals surface area contributed by atoms with Crippen LogP contribution in [0, 0.1) is 11.3 Å². The van der Waals surface area contributed by atoms with Crippen LogP contribution in [0.15, 0.2) is 11.8 Å². The van der Waals surface area contributed by atoms with Gasteiger partial charge in [0.05, 0.1) is 5.57 Å². The quantitative estimate of drug-likeness (QED) is 0.482. The van der Waals surface area contributed by atoms with Crippen molar-refractivity contribution in [1.29, 1.82) is 5.41 Å². The van der Waals surface area contributed by atoms with Gasteiger partial charge in [0.25, 0.3) is 0 Å². The van der Waals surface area contributed by atoms with Crippen molar-refractivity contribution in [2.45, 2.75) is 19.3 Å². The first-order chi connectivity index (χ1) is 7.65. The molecule has 1 aliphatic heterocycles. The Morgan fingerprint density at radius 2 is 2.19 bits per heavy atom. The first-order valence-corrected chi connectivity index (χ1v) is 5.41. The maximum Gasteiger partial charge on any atom is 0.339 e. The molecule has 0 unspecified atom stereocenters. The topological polar surface area (TPSA) is 82.4 Å². The molecule has 1 aliphatic rings. The third-order valence-corrected chi connectivity index (χ3v) is 2.68. The van der Waals surface area contributed by atoms with E-state index in [1.165, 1.54) is 6.20 Å². The third kappa shape index (κ3) is 3.66. The minimum absolute atomic E-state index is 0.0500. The van der Waals surface area contributed by atoms with E-state index >= 15 is 0 Å². The minimum atomic E-state index is -1.05. The van der Waals surface area contributed by atoms with Crippen LogP contribution in [-0.2, 0) is 9.53 Å². The molecule has 0 amide bonds. The Kier molecular flexibility index (Phi) is 4.98. The van der Waals surface area contributed by atoms with E-state index in [-0.39, 0.29) is 11.3 Å². The van der Waals surface area contributed by atoms with Crippen molar-refractivity contribution >= 4 is 11.7 Å². The summed E-state index contributed by atoms with van der Waals surface area (Å²) in [5.41, 5.74) is 0.239. The number of hydrogen-bond donors (Lipinski definition) is 3. The lowest BCUT2D eigenvalue weighted by atomic mass is 9.91. The lowest BCUT2D eigenvalue weighted by Crippen LogP contribution is -2.22. The molecule has 0 aromatic carbocycles. The van der Waals surface area contributed by atoms with Crippen LogP contribution in [0.4, 0.5) is 0 Å². The van der Waals surface area contributed by atoms with E-state index < -0.39 is 5.97 Å². The molecule has 0 aliphatic carbocycles. The zero-order valence-electron chi connectivity index (χ0n) is 9.45. The molecule has 0 saturated carbocycles. The molecule has 1 heterocycles. The van der Waals surface area contributed by atoms with Crippen LogP contribution in [0.5, 0.6) is 0 Å². The van der Waals surface area contributed by atoms with Gasteiger partial charge in [-0.1, -0.05) is 0 Å². The summed E-state index contributed by atoms with van der Waals surface area (Å²) in [5, 5.41) is 19.4. The van der Waals surface area contributed by atoms with Crippen LogP contribution in [0.2, 0.25) is 0 Å². The highest BCUT2D eigenvalue weighted by atomic mass is 16.5. The van der Waals surface area contributed by atoms with E-state index in [2.05, 4.69) is 5.32 Å². The molecule has 3 N–H and O–H groups in total. The maximum absolute atomic E-state index is 10.9. The van der Waals surface area contributed by atoms with Crippen LogP contribution in [-0.4, -0.2) is 37.0 Å². The van der Waals surface area contributed by atoms with E-state index in [9.17, 15) is 4.79 Å². The predicted molar refractivity (Wildman–Crippen MR) is 60.7 cm³/mol. The summed E-state index contributed by atoms with van der Waals surface area (Å²) in [4.78, 5) is 10.9. The molecule has 0 radical (unpaired) electrons.